The fourth-order valence-electron chi connectivity index (χ4n) is 2.26. The van der Waals surface area contributed by atoms with Gasteiger partial charge in [0.1, 0.15) is 12.4 Å². The number of nitrogens with zero attached hydrogens (tertiary/aromatic N) is 1. The number of carbonyl (C=O) groups is 1. The summed E-state index contributed by atoms with van der Waals surface area (Å²) in [6, 6.07) is 10.6. The highest BCUT2D eigenvalue weighted by Gasteiger charge is 2.22. The summed E-state index contributed by atoms with van der Waals surface area (Å²) in [4.78, 5) is 12.0. The molecule has 0 unspecified atom stereocenters. The Hall–Kier alpha value is -2.25. The Morgan fingerprint density at radius 3 is 2.27 bits per heavy atom. The topological polar surface area (TPSA) is 63.7 Å². The van der Waals surface area contributed by atoms with Crippen LogP contribution in [0.25, 0.3) is 0 Å². The van der Waals surface area contributed by atoms with Crippen molar-refractivity contribution in [1.29, 1.82) is 0 Å². The van der Waals surface area contributed by atoms with Crippen molar-refractivity contribution in [2.45, 2.75) is 31.3 Å². The summed E-state index contributed by atoms with van der Waals surface area (Å²) in [6.07, 6.45) is 0. The van der Waals surface area contributed by atoms with Gasteiger partial charge in [-0.15, -0.1) is 0 Å². The van der Waals surface area contributed by atoms with Crippen molar-refractivity contribution in [2.75, 3.05) is 14.1 Å². The molecule has 0 aromatic heterocycles. The van der Waals surface area contributed by atoms with Gasteiger partial charge in [0.15, 0.2) is 0 Å². The standard InChI is InChI=1S/C19H22FNO4S/c1-13(2)15-7-5-14(6-8-15)12-25-19(22)17-11-16(9-10-18(17)20)26(23,24)21(3)4/h5-11,13H,12H2,1-4H3. The highest BCUT2D eigenvalue weighted by atomic mass is 32.2. The van der Waals surface area contributed by atoms with Crippen LogP contribution in [0.5, 0.6) is 0 Å². The van der Waals surface area contributed by atoms with Gasteiger partial charge >= 0.3 is 5.97 Å². The SMILES string of the molecule is CC(C)c1ccc(COC(=O)c2cc(S(=O)(=O)N(C)C)ccc2F)cc1. The maximum absolute atomic E-state index is 14.0. The second-order valence-electron chi connectivity index (χ2n) is 6.40. The van der Waals surface area contributed by atoms with Gasteiger partial charge in [0.25, 0.3) is 0 Å². The summed E-state index contributed by atoms with van der Waals surface area (Å²) in [7, 11) is -1.05. The van der Waals surface area contributed by atoms with Gasteiger partial charge in [-0.2, -0.15) is 0 Å². The van der Waals surface area contributed by atoms with E-state index < -0.39 is 27.4 Å². The van der Waals surface area contributed by atoms with Crippen LogP contribution in [0.2, 0.25) is 0 Å². The molecule has 7 heteroatoms. The molecule has 0 aliphatic rings. The second-order valence-corrected chi connectivity index (χ2v) is 8.55. The van der Waals surface area contributed by atoms with E-state index in [9.17, 15) is 17.6 Å². The maximum atomic E-state index is 14.0. The zero-order chi connectivity index (χ0) is 19.5. The average molecular weight is 379 g/mol. The van der Waals surface area contributed by atoms with Gasteiger partial charge in [-0.3, -0.25) is 0 Å². The molecule has 0 atom stereocenters. The lowest BCUT2D eigenvalue weighted by Crippen LogP contribution is -2.22. The zero-order valence-electron chi connectivity index (χ0n) is 15.2. The van der Waals surface area contributed by atoms with E-state index in [1.165, 1.54) is 14.1 Å². The molecular weight excluding hydrogens is 357 g/mol. The third-order valence-corrected chi connectivity index (χ3v) is 5.76. The molecule has 0 N–H and O–H groups in total. The Kier molecular flexibility index (Phi) is 6.15. The molecule has 5 nitrogen and oxygen atoms in total. The van der Waals surface area contributed by atoms with Gasteiger partial charge in [-0.1, -0.05) is 38.1 Å². The number of carbonyl (C=O) groups excluding carboxylic acids is 1. The highest BCUT2D eigenvalue weighted by Crippen LogP contribution is 2.19. The Balaban J connectivity index is 2.16. The second kappa shape index (κ2) is 7.97. The minimum atomic E-state index is -3.77. The van der Waals surface area contributed by atoms with Crippen molar-refractivity contribution in [3.05, 3.63) is 65.0 Å². The highest BCUT2D eigenvalue weighted by molar-refractivity contribution is 7.89. The first-order valence-electron chi connectivity index (χ1n) is 8.11. The molecule has 2 aromatic carbocycles. The predicted octanol–water partition coefficient (Wildman–Crippen LogP) is 3.56. The number of benzene rings is 2. The number of rotatable bonds is 6. The van der Waals surface area contributed by atoms with E-state index in [1.807, 2.05) is 24.3 Å². The molecule has 0 bridgehead atoms. The first kappa shape index (κ1) is 20.1. The van der Waals surface area contributed by atoms with Crippen LogP contribution in [0.4, 0.5) is 4.39 Å². The molecule has 26 heavy (non-hydrogen) atoms. The molecule has 2 rings (SSSR count). The first-order valence-corrected chi connectivity index (χ1v) is 9.55. The largest absolute Gasteiger partial charge is 0.457 e. The molecule has 0 aliphatic heterocycles. The number of halogens is 1. The van der Waals surface area contributed by atoms with Crippen LogP contribution in [0.3, 0.4) is 0 Å². The molecule has 0 radical (unpaired) electrons. The van der Waals surface area contributed by atoms with Crippen LogP contribution < -0.4 is 0 Å². The zero-order valence-corrected chi connectivity index (χ0v) is 16.0. The van der Waals surface area contributed by atoms with E-state index in [0.717, 1.165) is 33.6 Å². The number of sulfonamides is 1. The monoisotopic (exact) mass is 379 g/mol. The Morgan fingerprint density at radius 2 is 1.73 bits per heavy atom. The molecule has 0 amide bonds. The fraction of sp³-hybridized carbons (Fsp3) is 0.316. The van der Waals surface area contributed by atoms with E-state index in [2.05, 4.69) is 13.8 Å². The summed E-state index contributed by atoms with van der Waals surface area (Å²) in [6.45, 7) is 4.13. The van der Waals surface area contributed by atoms with Gasteiger partial charge in [0.05, 0.1) is 10.5 Å². The van der Waals surface area contributed by atoms with E-state index in [1.54, 1.807) is 0 Å². The van der Waals surface area contributed by atoms with E-state index >= 15 is 0 Å². The van der Waals surface area contributed by atoms with Crippen molar-refractivity contribution >= 4 is 16.0 Å². The average Bonchev–Trinajstić information content (AvgIpc) is 2.60. The normalized spacial score (nSPS) is 11.8. The summed E-state index contributed by atoms with van der Waals surface area (Å²) in [5.41, 5.74) is 1.51. The predicted molar refractivity (Wildman–Crippen MR) is 96.9 cm³/mol. The fourth-order valence-corrected chi connectivity index (χ4v) is 3.19. The van der Waals surface area contributed by atoms with Gasteiger partial charge in [-0.05, 0) is 35.2 Å². The summed E-state index contributed by atoms with van der Waals surface area (Å²) < 4.78 is 44.4. The van der Waals surface area contributed by atoms with Crippen LogP contribution in [0.15, 0.2) is 47.4 Å². The van der Waals surface area contributed by atoms with Crippen molar-refractivity contribution in [3.63, 3.8) is 0 Å². The smallest absolute Gasteiger partial charge is 0.341 e. The van der Waals surface area contributed by atoms with Crippen LogP contribution >= 0.6 is 0 Å². The van der Waals surface area contributed by atoms with Crippen LogP contribution in [0.1, 0.15) is 41.3 Å². The molecule has 0 spiro atoms. The number of ether oxygens (including phenoxy) is 1. The third kappa shape index (κ3) is 4.47. The molecule has 0 aliphatic carbocycles. The molecule has 0 saturated carbocycles. The Bertz CT molecular complexity index is 890. The molecule has 2 aromatic rings. The van der Waals surface area contributed by atoms with E-state index in [0.29, 0.717) is 5.92 Å². The molecular formula is C19H22FNO4S. The molecule has 0 heterocycles. The van der Waals surface area contributed by atoms with Gasteiger partial charge in [-0.25, -0.2) is 21.9 Å². The summed E-state index contributed by atoms with van der Waals surface area (Å²) in [5, 5.41) is 0. The quantitative estimate of drug-likeness (QED) is 0.720. The van der Waals surface area contributed by atoms with Crippen molar-refractivity contribution < 1.29 is 22.3 Å². The van der Waals surface area contributed by atoms with Gasteiger partial charge in [0, 0.05) is 14.1 Å². The Morgan fingerprint density at radius 1 is 1.12 bits per heavy atom. The maximum Gasteiger partial charge on any atom is 0.341 e. The van der Waals surface area contributed by atoms with E-state index in [4.69, 9.17) is 4.74 Å². The molecule has 0 saturated heterocycles. The van der Waals surface area contributed by atoms with Gasteiger partial charge in [0.2, 0.25) is 10.0 Å². The number of hydrogen-bond acceptors (Lipinski definition) is 4. The lowest BCUT2D eigenvalue weighted by atomic mass is 10.0. The first-order chi connectivity index (χ1) is 12.1. The lowest BCUT2D eigenvalue weighted by Gasteiger charge is -2.13. The van der Waals surface area contributed by atoms with Crippen molar-refractivity contribution in [1.82, 2.24) is 4.31 Å². The van der Waals surface area contributed by atoms with Crippen molar-refractivity contribution in [3.8, 4) is 0 Å². The van der Waals surface area contributed by atoms with Crippen LogP contribution in [-0.2, 0) is 21.4 Å². The van der Waals surface area contributed by atoms with Gasteiger partial charge < -0.3 is 4.74 Å². The van der Waals surface area contributed by atoms with E-state index in [-0.39, 0.29) is 11.5 Å². The van der Waals surface area contributed by atoms with Crippen molar-refractivity contribution in [2.24, 2.45) is 0 Å². The lowest BCUT2D eigenvalue weighted by molar-refractivity contribution is 0.0467. The molecule has 0 fully saturated rings. The van der Waals surface area contributed by atoms with Crippen LogP contribution in [-0.4, -0.2) is 32.8 Å². The number of esters is 1. The summed E-state index contributed by atoms with van der Waals surface area (Å²) in [5.74, 6) is -1.35. The summed E-state index contributed by atoms with van der Waals surface area (Å²) >= 11 is 0. The van der Waals surface area contributed by atoms with Crippen LogP contribution in [0, 0.1) is 5.82 Å². The third-order valence-electron chi connectivity index (χ3n) is 3.95. The number of hydrogen-bond donors (Lipinski definition) is 0. The minimum Gasteiger partial charge on any atom is -0.457 e. The molecule has 140 valence electrons. The minimum absolute atomic E-state index is 0.0265. The Labute approximate surface area is 153 Å².